The van der Waals surface area contributed by atoms with Gasteiger partial charge < -0.3 is 18.9 Å². The minimum atomic E-state index is -0.146. The molecule has 110 valence electrons. The Hall–Kier alpha value is -0.160. The van der Waals surface area contributed by atoms with Crippen LogP contribution in [0.5, 0.6) is 0 Å². The van der Waals surface area contributed by atoms with Crippen LogP contribution in [0.25, 0.3) is 0 Å². The second-order valence-corrected chi connectivity index (χ2v) is 5.29. The molecule has 18 heavy (non-hydrogen) atoms. The Labute approximate surface area is 112 Å². The molecular weight excluding hydrogens is 232 g/mol. The average Bonchev–Trinajstić information content (AvgIpc) is 2.32. The summed E-state index contributed by atoms with van der Waals surface area (Å²) in [4.78, 5) is 0. The van der Waals surface area contributed by atoms with E-state index in [1.165, 1.54) is 0 Å². The highest BCUT2D eigenvalue weighted by atomic mass is 16.6. The second kappa shape index (κ2) is 8.86. The SMILES string of the molecule is CO[C@H]([C@H](OC)[C@@H](OC)C(C)C)[C@H](OC)C(C)C. The van der Waals surface area contributed by atoms with Gasteiger partial charge in [-0.05, 0) is 11.8 Å². The van der Waals surface area contributed by atoms with E-state index in [0.717, 1.165) is 0 Å². The molecule has 0 N–H and O–H groups in total. The minimum absolute atomic E-state index is 0.0173. The van der Waals surface area contributed by atoms with Crippen LogP contribution < -0.4 is 0 Å². The van der Waals surface area contributed by atoms with Crippen LogP contribution in [0.3, 0.4) is 0 Å². The van der Waals surface area contributed by atoms with Gasteiger partial charge in [-0.25, -0.2) is 0 Å². The maximum Gasteiger partial charge on any atom is 0.112 e. The van der Waals surface area contributed by atoms with E-state index in [9.17, 15) is 0 Å². The summed E-state index contributed by atoms with van der Waals surface area (Å²) >= 11 is 0. The molecule has 0 aromatic heterocycles. The van der Waals surface area contributed by atoms with Crippen molar-refractivity contribution >= 4 is 0 Å². The summed E-state index contributed by atoms with van der Waals surface area (Å²) in [5, 5.41) is 0. The van der Waals surface area contributed by atoms with Gasteiger partial charge in [-0.2, -0.15) is 0 Å². The quantitative estimate of drug-likeness (QED) is 0.639. The minimum Gasteiger partial charge on any atom is -0.378 e. The van der Waals surface area contributed by atoms with Gasteiger partial charge in [0, 0.05) is 28.4 Å². The van der Waals surface area contributed by atoms with E-state index < -0.39 is 0 Å². The zero-order valence-corrected chi connectivity index (χ0v) is 13.1. The molecule has 0 heterocycles. The molecule has 4 heteroatoms. The van der Waals surface area contributed by atoms with E-state index in [-0.39, 0.29) is 24.4 Å². The number of ether oxygens (including phenoxy) is 4. The third-order valence-electron chi connectivity index (χ3n) is 3.37. The van der Waals surface area contributed by atoms with Gasteiger partial charge in [-0.1, -0.05) is 27.7 Å². The number of hydrogen-bond acceptors (Lipinski definition) is 4. The highest BCUT2D eigenvalue weighted by molar-refractivity contribution is 4.87. The van der Waals surface area contributed by atoms with Crippen molar-refractivity contribution in [2.24, 2.45) is 11.8 Å². The van der Waals surface area contributed by atoms with Crippen molar-refractivity contribution in [3.05, 3.63) is 0 Å². The first-order valence-corrected chi connectivity index (χ1v) is 6.55. The smallest absolute Gasteiger partial charge is 0.112 e. The number of hydrogen-bond donors (Lipinski definition) is 0. The molecule has 0 aliphatic carbocycles. The first kappa shape index (κ1) is 17.8. The van der Waals surface area contributed by atoms with Crippen LogP contribution >= 0.6 is 0 Å². The van der Waals surface area contributed by atoms with Gasteiger partial charge in [0.1, 0.15) is 12.2 Å². The molecule has 0 amide bonds. The molecule has 0 aromatic carbocycles. The van der Waals surface area contributed by atoms with Crippen LogP contribution in [0.1, 0.15) is 27.7 Å². The highest BCUT2D eigenvalue weighted by Gasteiger charge is 2.38. The summed E-state index contributed by atoms with van der Waals surface area (Å²) in [6.45, 7) is 8.46. The van der Waals surface area contributed by atoms with Crippen molar-refractivity contribution in [1.29, 1.82) is 0 Å². The maximum atomic E-state index is 5.62. The van der Waals surface area contributed by atoms with Gasteiger partial charge >= 0.3 is 0 Å². The molecule has 0 radical (unpaired) electrons. The molecule has 4 nitrogen and oxygen atoms in total. The lowest BCUT2D eigenvalue weighted by atomic mass is 9.90. The largest absolute Gasteiger partial charge is 0.378 e. The molecule has 4 atom stereocenters. The fourth-order valence-corrected chi connectivity index (χ4v) is 2.48. The van der Waals surface area contributed by atoms with E-state index in [1.54, 1.807) is 28.4 Å². The van der Waals surface area contributed by atoms with Crippen LogP contribution in [0.4, 0.5) is 0 Å². The second-order valence-electron chi connectivity index (χ2n) is 5.29. The molecule has 0 fully saturated rings. The van der Waals surface area contributed by atoms with E-state index in [1.807, 2.05) is 0 Å². The fourth-order valence-electron chi connectivity index (χ4n) is 2.48. The third kappa shape index (κ3) is 4.50. The summed E-state index contributed by atoms with van der Waals surface area (Å²) in [6.07, 6.45) is -0.326. The lowest BCUT2D eigenvalue weighted by molar-refractivity contribution is -0.165. The van der Waals surface area contributed by atoms with Crippen molar-refractivity contribution in [2.75, 3.05) is 28.4 Å². The summed E-state index contributed by atoms with van der Waals surface area (Å²) in [7, 11) is 6.80. The zero-order valence-electron chi connectivity index (χ0n) is 13.1. The van der Waals surface area contributed by atoms with Gasteiger partial charge in [0.05, 0.1) is 12.2 Å². The van der Waals surface area contributed by atoms with Gasteiger partial charge in [-0.3, -0.25) is 0 Å². The molecule has 0 saturated carbocycles. The van der Waals surface area contributed by atoms with Crippen LogP contribution in [-0.4, -0.2) is 52.9 Å². The number of methoxy groups -OCH3 is 4. The first-order chi connectivity index (χ1) is 8.44. The summed E-state index contributed by atoms with van der Waals surface area (Å²) < 4.78 is 22.4. The Morgan fingerprint density at radius 1 is 0.444 bits per heavy atom. The molecule has 0 spiro atoms. The predicted octanol–water partition coefficient (Wildman–Crippen LogP) is 2.36. The van der Waals surface area contributed by atoms with E-state index >= 15 is 0 Å². The molecule has 0 saturated heterocycles. The molecule has 0 aliphatic rings. The van der Waals surface area contributed by atoms with Gasteiger partial charge in [0.25, 0.3) is 0 Å². The Bertz CT molecular complexity index is 184. The zero-order chi connectivity index (χ0) is 14.3. The van der Waals surface area contributed by atoms with Crippen LogP contribution in [0, 0.1) is 11.8 Å². The topological polar surface area (TPSA) is 36.9 Å². The molecule has 0 aliphatic heterocycles. The standard InChI is InChI=1S/C14H30O4/c1-9(2)11(15-5)13(17-7)14(18-8)12(16-6)10(3)4/h9-14H,1-8H3/t11-,12+,13+,14-. The van der Waals surface area contributed by atoms with Gasteiger partial charge in [0.2, 0.25) is 0 Å². The molecule has 0 rings (SSSR count). The first-order valence-electron chi connectivity index (χ1n) is 6.55. The Kier molecular flexibility index (Phi) is 8.78. The fraction of sp³-hybridized carbons (Fsp3) is 1.00. The summed E-state index contributed by atoms with van der Waals surface area (Å²) in [5.74, 6) is 0.699. The van der Waals surface area contributed by atoms with E-state index in [4.69, 9.17) is 18.9 Å². The monoisotopic (exact) mass is 262 g/mol. The predicted molar refractivity (Wildman–Crippen MR) is 72.9 cm³/mol. The Morgan fingerprint density at radius 2 is 0.667 bits per heavy atom. The van der Waals surface area contributed by atoms with Crippen molar-refractivity contribution in [2.45, 2.75) is 52.1 Å². The third-order valence-corrected chi connectivity index (χ3v) is 3.37. The van der Waals surface area contributed by atoms with Crippen molar-refractivity contribution in [3.63, 3.8) is 0 Å². The van der Waals surface area contributed by atoms with Gasteiger partial charge in [0.15, 0.2) is 0 Å². The molecule has 0 unspecified atom stereocenters. The average molecular weight is 262 g/mol. The van der Waals surface area contributed by atoms with E-state index in [0.29, 0.717) is 11.8 Å². The highest BCUT2D eigenvalue weighted by Crippen LogP contribution is 2.24. The van der Waals surface area contributed by atoms with E-state index in [2.05, 4.69) is 27.7 Å². The van der Waals surface area contributed by atoms with Crippen molar-refractivity contribution < 1.29 is 18.9 Å². The van der Waals surface area contributed by atoms with Crippen molar-refractivity contribution in [3.8, 4) is 0 Å². The Morgan fingerprint density at radius 3 is 0.778 bits per heavy atom. The van der Waals surface area contributed by atoms with Crippen LogP contribution in [-0.2, 0) is 18.9 Å². The summed E-state index contributed by atoms with van der Waals surface area (Å²) in [5.41, 5.74) is 0. The van der Waals surface area contributed by atoms with Gasteiger partial charge in [-0.15, -0.1) is 0 Å². The Balaban J connectivity index is 5.06. The maximum absolute atomic E-state index is 5.62. The van der Waals surface area contributed by atoms with Crippen molar-refractivity contribution in [1.82, 2.24) is 0 Å². The molecule has 0 bridgehead atoms. The number of rotatable bonds is 9. The normalized spacial score (nSPS) is 19.0. The lowest BCUT2D eigenvalue weighted by Crippen LogP contribution is -2.51. The molecular formula is C14H30O4. The van der Waals surface area contributed by atoms with Crippen LogP contribution in [0.15, 0.2) is 0 Å². The van der Waals surface area contributed by atoms with Crippen LogP contribution in [0.2, 0.25) is 0 Å². The lowest BCUT2D eigenvalue weighted by Gasteiger charge is -2.38. The summed E-state index contributed by atoms with van der Waals surface area (Å²) in [6, 6.07) is 0. The molecule has 0 aromatic rings.